The van der Waals surface area contributed by atoms with E-state index in [1.54, 1.807) is 0 Å². The summed E-state index contributed by atoms with van der Waals surface area (Å²) in [4.78, 5) is 2.71. The molecule has 18 heavy (non-hydrogen) atoms. The zero-order valence-corrected chi connectivity index (χ0v) is 13.6. The Morgan fingerprint density at radius 2 is 1.83 bits per heavy atom. The molecule has 2 heteroatoms. The lowest BCUT2D eigenvalue weighted by Crippen LogP contribution is -2.51. The van der Waals surface area contributed by atoms with Crippen molar-refractivity contribution in [3.8, 4) is 0 Å². The molecule has 0 aromatic rings. The van der Waals surface area contributed by atoms with Crippen molar-refractivity contribution in [2.75, 3.05) is 19.6 Å². The summed E-state index contributed by atoms with van der Waals surface area (Å²) >= 11 is 0. The van der Waals surface area contributed by atoms with Crippen LogP contribution in [0.4, 0.5) is 0 Å². The van der Waals surface area contributed by atoms with E-state index in [9.17, 15) is 0 Å². The Morgan fingerprint density at radius 3 is 2.39 bits per heavy atom. The number of hydrogen-bond donors (Lipinski definition) is 1. The van der Waals surface area contributed by atoms with Crippen LogP contribution < -0.4 is 5.32 Å². The lowest BCUT2D eigenvalue weighted by atomic mass is 9.83. The van der Waals surface area contributed by atoms with Gasteiger partial charge in [0.25, 0.3) is 0 Å². The normalized spacial score (nSPS) is 31.0. The van der Waals surface area contributed by atoms with Crippen molar-refractivity contribution >= 4 is 0 Å². The van der Waals surface area contributed by atoms with Crippen LogP contribution in [-0.2, 0) is 0 Å². The van der Waals surface area contributed by atoms with Crippen LogP contribution in [0.15, 0.2) is 0 Å². The molecule has 1 rings (SSSR count). The van der Waals surface area contributed by atoms with Gasteiger partial charge in [-0.3, -0.25) is 4.90 Å². The number of nitrogens with one attached hydrogen (secondary N) is 1. The standard InChI is InChI=1S/C16H34N2/c1-12(2)17-10-16(6,7)11-18-9-13(3)8-14(4)15(18)5/h12-15,17H,8-11H2,1-7H3. The van der Waals surface area contributed by atoms with Crippen molar-refractivity contribution in [1.82, 2.24) is 10.2 Å². The molecule has 0 saturated carbocycles. The van der Waals surface area contributed by atoms with Crippen molar-refractivity contribution in [2.24, 2.45) is 17.3 Å². The first-order chi connectivity index (χ1) is 8.21. The van der Waals surface area contributed by atoms with Gasteiger partial charge >= 0.3 is 0 Å². The van der Waals surface area contributed by atoms with Crippen LogP contribution in [0.2, 0.25) is 0 Å². The maximum atomic E-state index is 3.59. The molecule has 0 spiro atoms. The van der Waals surface area contributed by atoms with E-state index in [1.807, 2.05) is 0 Å². The molecule has 1 fully saturated rings. The second-order valence-electron chi connectivity index (χ2n) is 7.69. The van der Waals surface area contributed by atoms with Gasteiger partial charge in [0.15, 0.2) is 0 Å². The predicted octanol–water partition coefficient (Wildman–Crippen LogP) is 3.38. The molecule has 0 radical (unpaired) electrons. The van der Waals surface area contributed by atoms with E-state index in [0.29, 0.717) is 11.5 Å². The van der Waals surface area contributed by atoms with Gasteiger partial charge in [0.2, 0.25) is 0 Å². The fourth-order valence-electron chi connectivity index (χ4n) is 3.13. The Bertz CT molecular complexity index is 247. The fraction of sp³-hybridized carbons (Fsp3) is 1.00. The quantitative estimate of drug-likeness (QED) is 0.809. The molecular weight excluding hydrogens is 220 g/mol. The molecule has 2 nitrogen and oxygen atoms in total. The fourth-order valence-corrected chi connectivity index (χ4v) is 3.13. The highest BCUT2D eigenvalue weighted by molar-refractivity contribution is 4.86. The van der Waals surface area contributed by atoms with E-state index < -0.39 is 0 Å². The molecule has 1 saturated heterocycles. The molecule has 0 bridgehead atoms. The molecular formula is C16H34N2. The molecule has 3 atom stereocenters. The summed E-state index contributed by atoms with van der Waals surface area (Å²) in [5.74, 6) is 1.69. The van der Waals surface area contributed by atoms with Gasteiger partial charge in [0.05, 0.1) is 0 Å². The summed E-state index contributed by atoms with van der Waals surface area (Å²) in [6, 6.07) is 1.32. The van der Waals surface area contributed by atoms with Crippen LogP contribution in [0.3, 0.4) is 0 Å². The monoisotopic (exact) mass is 254 g/mol. The summed E-state index contributed by atoms with van der Waals surface area (Å²) in [5, 5.41) is 3.59. The third-order valence-electron chi connectivity index (χ3n) is 4.34. The number of piperidine rings is 1. The predicted molar refractivity (Wildman–Crippen MR) is 80.9 cm³/mol. The molecule has 0 amide bonds. The largest absolute Gasteiger partial charge is 0.314 e. The molecule has 1 aliphatic heterocycles. The number of nitrogens with zero attached hydrogens (tertiary/aromatic N) is 1. The maximum Gasteiger partial charge on any atom is 0.00930 e. The minimum atomic E-state index is 0.356. The minimum absolute atomic E-state index is 0.356. The van der Waals surface area contributed by atoms with Gasteiger partial charge in [-0.2, -0.15) is 0 Å². The molecule has 0 aromatic carbocycles. The minimum Gasteiger partial charge on any atom is -0.314 e. The highest BCUT2D eigenvalue weighted by Gasteiger charge is 2.32. The van der Waals surface area contributed by atoms with E-state index in [1.165, 1.54) is 19.5 Å². The number of rotatable bonds is 5. The van der Waals surface area contributed by atoms with Crippen LogP contribution in [0.25, 0.3) is 0 Å². The topological polar surface area (TPSA) is 15.3 Å². The second kappa shape index (κ2) is 6.38. The Morgan fingerprint density at radius 1 is 1.22 bits per heavy atom. The van der Waals surface area contributed by atoms with Gasteiger partial charge in [-0.15, -0.1) is 0 Å². The maximum absolute atomic E-state index is 3.59. The van der Waals surface area contributed by atoms with Crippen LogP contribution >= 0.6 is 0 Å². The van der Waals surface area contributed by atoms with E-state index in [-0.39, 0.29) is 0 Å². The van der Waals surface area contributed by atoms with Crippen molar-refractivity contribution in [3.05, 3.63) is 0 Å². The van der Waals surface area contributed by atoms with Crippen LogP contribution in [0.5, 0.6) is 0 Å². The first-order valence-electron chi connectivity index (χ1n) is 7.68. The van der Waals surface area contributed by atoms with Gasteiger partial charge in [-0.05, 0) is 30.6 Å². The van der Waals surface area contributed by atoms with Crippen molar-refractivity contribution in [2.45, 2.75) is 67.0 Å². The third-order valence-corrected chi connectivity index (χ3v) is 4.34. The molecule has 3 unspecified atom stereocenters. The highest BCUT2D eigenvalue weighted by atomic mass is 15.2. The third kappa shape index (κ3) is 4.89. The molecule has 1 N–H and O–H groups in total. The van der Waals surface area contributed by atoms with Gasteiger partial charge in [0, 0.05) is 31.7 Å². The summed E-state index contributed by atoms with van der Waals surface area (Å²) < 4.78 is 0. The highest BCUT2D eigenvalue weighted by Crippen LogP contribution is 2.29. The lowest BCUT2D eigenvalue weighted by Gasteiger charge is -2.44. The van der Waals surface area contributed by atoms with Gasteiger partial charge in [0.1, 0.15) is 0 Å². The molecule has 1 heterocycles. The van der Waals surface area contributed by atoms with Crippen molar-refractivity contribution in [3.63, 3.8) is 0 Å². The Balaban J connectivity index is 2.53. The average molecular weight is 254 g/mol. The Labute approximate surface area is 115 Å². The van der Waals surface area contributed by atoms with Crippen LogP contribution in [0, 0.1) is 17.3 Å². The SMILES string of the molecule is CC1CC(C)C(C)N(CC(C)(C)CNC(C)C)C1. The van der Waals surface area contributed by atoms with E-state index >= 15 is 0 Å². The van der Waals surface area contributed by atoms with E-state index in [0.717, 1.165) is 24.4 Å². The van der Waals surface area contributed by atoms with Gasteiger partial charge in [-0.25, -0.2) is 0 Å². The average Bonchev–Trinajstić information content (AvgIpc) is 2.22. The van der Waals surface area contributed by atoms with Gasteiger partial charge in [-0.1, -0.05) is 41.5 Å². The smallest absolute Gasteiger partial charge is 0.00930 e. The first kappa shape index (κ1) is 16.0. The zero-order chi connectivity index (χ0) is 13.9. The molecule has 0 aromatic heterocycles. The zero-order valence-electron chi connectivity index (χ0n) is 13.6. The Kier molecular flexibility index (Phi) is 5.67. The first-order valence-corrected chi connectivity index (χ1v) is 7.68. The van der Waals surface area contributed by atoms with Gasteiger partial charge < -0.3 is 5.32 Å². The van der Waals surface area contributed by atoms with Crippen molar-refractivity contribution < 1.29 is 0 Å². The van der Waals surface area contributed by atoms with Crippen LogP contribution in [-0.4, -0.2) is 36.6 Å². The summed E-state index contributed by atoms with van der Waals surface area (Å²) in [6.07, 6.45) is 1.39. The van der Waals surface area contributed by atoms with E-state index in [2.05, 4.69) is 58.7 Å². The van der Waals surface area contributed by atoms with Crippen molar-refractivity contribution in [1.29, 1.82) is 0 Å². The molecule has 1 aliphatic rings. The molecule has 0 aliphatic carbocycles. The number of hydrogen-bond acceptors (Lipinski definition) is 2. The summed E-state index contributed by atoms with van der Waals surface area (Å²) in [7, 11) is 0. The Hall–Kier alpha value is -0.0800. The lowest BCUT2D eigenvalue weighted by molar-refractivity contribution is 0.0456. The summed E-state index contributed by atoms with van der Waals surface area (Å²) in [6.45, 7) is 20.0. The second-order valence-corrected chi connectivity index (χ2v) is 7.69. The molecule has 108 valence electrons. The number of likely N-dealkylation sites (tertiary alicyclic amines) is 1. The summed E-state index contributed by atoms with van der Waals surface area (Å²) in [5.41, 5.74) is 0.356. The van der Waals surface area contributed by atoms with E-state index in [4.69, 9.17) is 0 Å². The van der Waals surface area contributed by atoms with Crippen LogP contribution in [0.1, 0.15) is 54.9 Å².